The van der Waals surface area contributed by atoms with E-state index in [0.29, 0.717) is 0 Å². The first kappa shape index (κ1) is 4.88. The van der Waals surface area contributed by atoms with Gasteiger partial charge in [0.2, 0.25) is 0 Å². The van der Waals surface area contributed by atoms with Crippen molar-refractivity contribution in [1.82, 2.24) is 0 Å². The van der Waals surface area contributed by atoms with Crippen molar-refractivity contribution >= 4 is 22.6 Å². The third-order valence-corrected chi connectivity index (χ3v) is 3.96. The number of halogens is 1. The fraction of sp³-hybridized carbons (Fsp3) is 1.00. The summed E-state index contributed by atoms with van der Waals surface area (Å²) < 4.78 is 0.989. The molecule has 0 unspecified atom stereocenters. The molecule has 0 aromatic rings. The molecule has 36 valence electrons. The van der Waals surface area contributed by atoms with Crippen LogP contribution in [0.5, 0.6) is 0 Å². The maximum absolute atomic E-state index is 2.51. The van der Waals surface area contributed by atoms with E-state index in [1.165, 1.54) is 0 Å². The fourth-order valence-corrected chi connectivity index (χ4v) is 1.67. The van der Waals surface area contributed by atoms with E-state index in [2.05, 4.69) is 36.4 Å². The SMILES string of the molecule is C[C@H]1C(I)[C@@H]1C. The van der Waals surface area contributed by atoms with Crippen molar-refractivity contribution in [2.75, 3.05) is 0 Å². The van der Waals surface area contributed by atoms with Crippen molar-refractivity contribution in [1.29, 1.82) is 0 Å². The number of alkyl halides is 1. The van der Waals surface area contributed by atoms with Gasteiger partial charge in [0.25, 0.3) is 0 Å². The van der Waals surface area contributed by atoms with Gasteiger partial charge in [0.15, 0.2) is 0 Å². The Bertz CT molecular complexity index is 40.7. The Morgan fingerprint density at radius 2 is 1.33 bits per heavy atom. The molecule has 0 aliphatic heterocycles. The van der Waals surface area contributed by atoms with E-state index in [1.54, 1.807) is 0 Å². The maximum atomic E-state index is 2.51. The Balaban J connectivity index is 2.31. The van der Waals surface area contributed by atoms with E-state index in [4.69, 9.17) is 0 Å². The van der Waals surface area contributed by atoms with Gasteiger partial charge in [-0.05, 0) is 11.8 Å². The van der Waals surface area contributed by atoms with E-state index in [0.717, 1.165) is 15.8 Å². The molecule has 6 heavy (non-hydrogen) atoms. The molecule has 0 aromatic heterocycles. The highest BCUT2D eigenvalue weighted by atomic mass is 127. The Hall–Kier alpha value is 0.730. The molecule has 0 saturated heterocycles. The lowest BCUT2D eigenvalue weighted by Crippen LogP contribution is -1.60. The van der Waals surface area contributed by atoms with Crippen molar-refractivity contribution in [2.24, 2.45) is 11.8 Å². The van der Waals surface area contributed by atoms with Crippen LogP contribution >= 0.6 is 22.6 Å². The molecule has 1 fully saturated rings. The van der Waals surface area contributed by atoms with Gasteiger partial charge in [0.1, 0.15) is 0 Å². The summed E-state index contributed by atoms with van der Waals surface area (Å²) >= 11 is 2.51. The third-order valence-electron chi connectivity index (χ3n) is 1.69. The minimum absolute atomic E-state index is 0.989. The monoisotopic (exact) mass is 196 g/mol. The van der Waals surface area contributed by atoms with Crippen LogP contribution in [0.1, 0.15) is 13.8 Å². The molecule has 1 rings (SSSR count). The lowest BCUT2D eigenvalue weighted by molar-refractivity contribution is 0.834. The highest BCUT2D eigenvalue weighted by Gasteiger charge is 2.39. The fourth-order valence-electron chi connectivity index (χ4n) is 0.602. The van der Waals surface area contributed by atoms with Crippen LogP contribution < -0.4 is 0 Å². The zero-order valence-electron chi connectivity index (χ0n) is 4.11. The van der Waals surface area contributed by atoms with Crippen molar-refractivity contribution < 1.29 is 0 Å². The molecule has 1 aliphatic carbocycles. The summed E-state index contributed by atoms with van der Waals surface area (Å²) in [6.07, 6.45) is 0. The highest BCUT2D eigenvalue weighted by Crippen LogP contribution is 2.44. The molecule has 0 heterocycles. The van der Waals surface area contributed by atoms with Gasteiger partial charge in [0.05, 0.1) is 0 Å². The second-order valence-corrected chi connectivity index (χ2v) is 3.60. The van der Waals surface area contributed by atoms with Crippen LogP contribution in [0, 0.1) is 11.8 Å². The molecule has 2 atom stereocenters. The van der Waals surface area contributed by atoms with Crippen LogP contribution in [0.15, 0.2) is 0 Å². The minimum atomic E-state index is 0.989. The molecule has 0 bridgehead atoms. The van der Waals surface area contributed by atoms with Crippen LogP contribution in [0.25, 0.3) is 0 Å². The summed E-state index contributed by atoms with van der Waals surface area (Å²) in [5.74, 6) is 2.01. The van der Waals surface area contributed by atoms with Gasteiger partial charge in [-0.2, -0.15) is 0 Å². The number of rotatable bonds is 0. The van der Waals surface area contributed by atoms with E-state index in [-0.39, 0.29) is 0 Å². The van der Waals surface area contributed by atoms with Gasteiger partial charge < -0.3 is 0 Å². The van der Waals surface area contributed by atoms with Crippen molar-refractivity contribution in [2.45, 2.75) is 17.8 Å². The van der Waals surface area contributed by atoms with Crippen LogP contribution in [0.4, 0.5) is 0 Å². The van der Waals surface area contributed by atoms with Crippen LogP contribution in [-0.2, 0) is 0 Å². The van der Waals surface area contributed by atoms with Crippen LogP contribution in [0.2, 0.25) is 0 Å². The third kappa shape index (κ3) is 0.572. The highest BCUT2D eigenvalue weighted by molar-refractivity contribution is 14.1. The zero-order chi connectivity index (χ0) is 4.73. The van der Waals surface area contributed by atoms with Gasteiger partial charge in [-0.25, -0.2) is 0 Å². The summed E-state index contributed by atoms with van der Waals surface area (Å²) in [4.78, 5) is 0. The van der Waals surface area contributed by atoms with Crippen molar-refractivity contribution in [3.63, 3.8) is 0 Å². The van der Waals surface area contributed by atoms with Crippen LogP contribution in [-0.4, -0.2) is 3.92 Å². The summed E-state index contributed by atoms with van der Waals surface area (Å²) in [6, 6.07) is 0. The first-order chi connectivity index (χ1) is 2.73. The van der Waals surface area contributed by atoms with E-state index >= 15 is 0 Å². The molecule has 1 saturated carbocycles. The maximum Gasteiger partial charge on any atom is 0.0167 e. The molecular formula is C5H9I. The molecule has 0 spiro atoms. The average molecular weight is 196 g/mol. The molecule has 1 heteroatoms. The lowest BCUT2D eigenvalue weighted by atomic mass is 10.4. The van der Waals surface area contributed by atoms with Gasteiger partial charge >= 0.3 is 0 Å². The summed E-state index contributed by atoms with van der Waals surface area (Å²) in [5.41, 5.74) is 0. The standard InChI is InChI=1S/C5H9I/c1-3-4(2)5(3)6/h3-5H,1-2H3/t3-,4-/m1/s1. The number of hydrogen-bond acceptors (Lipinski definition) is 0. The average Bonchev–Trinajstić information content (AvgIpc) is 1.94. The molecule has 0 N–H and O–H groups in total. The molecule has 0 aromatic carbocycles. The molecule has 0 amide bonds. The summed E-state index contributed by atoms with van der Waals surface area (Å²) in [7, 11) is 0. The Labute approximate surface area is 52.5 Å². The number of hydrogen-bond donors (Lipinski definition) is 0. The minimum Gasteiger partial charge on any atom is -0.0820 e. The summed E-state index contributed by atoms with van der Waals surface area (Å²) in [5, 5.41) is 0. The topological polar surface area (TPSA) is 0 Å². The van der Waals surface area contributed by atoms with Crippen molar-refractivity contribution in [3.8, 4) is 0 Å². The van der Waals surface area contributed by atoms with Gasteiger partial charge in [-0.3, -0.25) is 0 Å². The lowest BCUT2D eigenvalue weighted by Gasteiger charge is -1.66. The van der Waals surface area contributed by atoms with Gasteiger partial charge in [-0.1, -0.05) is 36.4 Å². The second-order valence-electron chi connectivity index (χ2n) is 2.16. The predicted molar refractivity (Wildman–Crippen MR) is 36.1 cm³/mol. The quantitative estimate of drug-likeness (QED) is 0.411. The normalized spacial score (nSPS) is 55.5. The van der Waals surface area contributed by atoms with E-state index in [9.17, 15) is 0 Å². The molecule has 1 aliphatic rings. The first-order valence-corrected chi connectivity index (χ1v) is 3.62. The smallest absolute Gasteiger partial charge is 0.0167 e. The second kappa shape index (κ2) is 1.35. The zero-order valence-corrected chi connectivity index (χ0v) is 6.27. The van der Waals surface area contributed by atoms with Crippen molar-refractivity contribution in [3.05, 3.63) is 0 Å². The molecular weight excluding hydrogens is 187 g/mol. The van der Waals surface area contributed by atoms with Gasteiger partial charge in [-0.15, -0.1) is 0 Å². The van der Waals surface area contributed by atoms with Crippen LogP contribution in [0.3, 0.4) is 0 Å². The van der Waals surface area contributed by atoms with E-state index in [1.807, 2.05) is 0 Å². The molecule has 0 radical (unpaired) electrons. The Morgan fingerprint density at radius 1 is 1.17 bits per heavy atom. The Morgan fingerprint density at radius 3 is 1.33 bits per heavy atom. The largest absolute Gasteiger partial charge is 0.0820 e. The van der Waals surface area contributed by atoms with E-state index < -0.39 is 0 Å². The Kier molecular flexibility index (Phi) is 1.10. The predicted octanol–water partition coefficient (Wildman–Crippen LogP) is 2.08. The first-order valence-electron chi connectivity index (χ1n) is 2.37. The molecule has 0 nitrogen and oxygen atoms in total. The van der Waals surface area contributed by atoms with Gasteiger partial charge in [0, 0.05) is 3.92 Å². The summed E-state index contributed by atoms with van der Waals surface area (Å²) in [6.45, 7) is 4.61.